The Kier molecular flexibility index (Phi) is 11.2. The Hall–Kier alpha value is -3.45. The fourth-order valence-corrected chi connectivity index (χ4v) is 8.21. The fraction of sp³-hybridized carbons (Fsp3) is 0.500. The molecular weight excluding hydrogens is 677 g/mol. The quantitative estimate of drug-likeness (QED) is 0.277. The second-order valence-corrected chi connectivity index (χ2v) is 15.0. The molecule has 0 radical (unpaired) electrons. The van der Waals surface area contributed by atoms with E-state index in [1.54, 1.807) is 17.2 Å². The lowest BCUT2D eigenvalue weighted by molar-refractivity contribution is -0.134. The van der Waals surface area contributed by atoms with Crippen molar-refractivity contribution >= 4 is 58.3 Å². The Labute approximate surface area is 294 Å². The first-order valence-electron chi connectivity index (χ1n) is 16.1. The summed E-state index contributed by atoms with van der Waals surface area (Å²) >= 11 is 14.6. The van der Waals surface area contributed by atoms with E-state index in [0.29, 0.717) is 26.2 Å². The van der Waals surface area contributed by atoms with Gasteiger partial charge in [0.15, 0.2) is 0 Å². The minimum Gasteiger partial charge on any atom is -0.478 e. The molecule has 258 valence electrons. The maximum absolute atomic E-state index is 13.8. The number of hydrogen-bond acceptors (Lipinski definition) is 8. The summed E-state index contributed by atoms with van der Waals surface area (Å²) in [5, 5.41) is 27.1. The molecule has 14 heteroatoms. The Morgan fingerprint density at radius 3 is 2.21 bits per heavy atom. The molecule has 0 aliphatic carbocycles. The minimum absolute atomic E-state index is 0.0960. The summed E-state index contributed by atoms with van der Waals surface area (Å²) in [4.78, 5) is 62.3. The van der Waals surface area contributed by atoms with Gasteiger partial charge in [0.1, 0.15) is 0 Å². The molecule has 3 aliphatic rings. The number of aromatic nitrogens is 1. The number of carbonyl (C=O) groups is 4. The molecule has 48 heavy (non-hydrogen) atoms. The summed E-state index contributed by atoms with van der Waals surface area (Å²) in [5.41, 5.74) is -0.566. The van der Waals surface area contributed by atoms with E-state index < -0.39 is 23.3 Å². The van der Waals surface area contributed by atoms with Crippen LogP contribution in [-0.2, 0) is 24.6 Å². The molecule has 0 bridgehead atoms. The smallest absolute Gasteiger partial charge is 0.334 e. The van der Waals surface area contributed by atoms with E-state index >= 15 is 0 Å². The van der Waals surface area contributed by atoms with Gasteiger partial charge in [-0.25, -0.2) is 14.6 Å². The summed E-state index contributed by atoms with van der Waals surface area (Å²) in [7, 11) is 0. The van der Waals surface area contributed by atoms with Crippen molar-refractivity contribution in [2.45, 2.75) is 57.8 Å². The number of carbonyl (C=O) groups excluding carboxylic acids is 2. The first-order valence-corrected chi connectivity index (χ1v) is 17.7. The average molecular weight is 719 g/mol. The van der Waals surface area contributed by atoms with Gasteiger partial charge in [-0.05, 0) is 37.9 Å². The van der Waals surface area contributed by atoms with Gasteiger partial charge in [0, 0.05) is 89.2 Å². The lowest BCUT2D eigenvalue weighted by atomic mass is 9.76. The number of nitrogens with one attached hydrogen (secondary N) is 1. The monoisotopic (exact) mass is 717 g/mol. The maximum atomic E-state index is 13.8. The van der Waals surface area contributed by atoms with Crippen molar-refractivity contribution in [2.75, 3.05) is 45.8 Å². The molecule has 1 aromatic heterocycles. The van der Waals surface area contributed by atoms with E-state index in [1.165, 1.54) is 23.5 Å². The van der Waals surface area contributed by atoms with E-state index in [4.69, 9.17) is 23.2 Å². The number of piperazine rings is 1. The number of rotatable bonds is 12. The zero-order valence-electron chi connectivity index (χ0n) is 27.3. The van der Waals surface area contributed by atoms with Crippen LogP contribution in [0.15, 0.2) is 52.3 Å². The van der Waals surface area contributed by atoms with E-state index in [1.807, 2.05) is 31.1 Å². The number of likely N-dealkylation sites (tertiary alicyclic amines) is 1. The average Bonchev–Trinajstić information content (AvgIpc) is 3.68. The van der Waals surface area contributed by atoms with Crippen LogP contribution < -0.4 is 5.32 Å². The summed E-state index contributed by atoms with van der Waals surface area (Å²) in [6, 6.07) is 4.68. The number of aliphatic carboxylic acids is 2. The Morgan fingerprint density at radius 1 is 1.00 bits per heavy atom. The summed E-state index contributed by atoms with van der Waals surface area (Å²) in [6.45, 7) is 10.4. The molecule has 5 rings (SSSR count). The molecule has 2 amide bonds. The molecule has 2 unspecified atom stereocenters. The van der Waals surface area contributed by atoms with Crippen LogP contribution in [0.5, 0.6) is 0 Å². The SMILES string of the molecule is CC1CCN(CCCN2CCN(C(=O)CC3=C(C(=O)O)C(c4c(Cl)cccc4Cl)C(C(=O)O)=C(CC(C)(C)c4nccs4)N3)CC2)C1=O. The fourth-order valence-electron chi connectivity index (χ4n) is 6.83. The number of thiazole rings is 1. The number of carboxylic acids is 2. The van der Waals surface area contributed by atoms with Crippen molar-refractivity contribution in [3.8, 4) is 0 Å². The van der Waals surface area contributed by atoms with Crippen LogP contribution in [0.1, 0.15) is 62.9 Å². The van der Waals surface area contributed by atoms with Gasteiger partial charge in [0.2, 0.25) is 11.8 Å². The molecule has 4 heterocycles. The largest absolute Gasteiger partial charge is 0.478 e. The molecular formula is C34H41Cl2N5O6S. The van der Waals surface area contributed by atoms with Gasteiger partial charge in [-0.3, -0.25) is 14.5 Å². The molecule has 1 aromatic carbocycles. The van der Waals surface area contributed by atoms with Crippen LogP contribution in [-0.4, -0.2) is 99.5 Å². The Balaban J connectivity index is 1.38. The first kappa shape index (κ1) is 35.8. The van der Waals surface area contributed by atoms with Crippen LogP contribution in [0.2, 0.25) is 10.0 Å². The second-order valence-electron chi connectivity index (χ2n) is 13.3. The Morgan fingerprint density at radius 2 is 1.65 bits per heavy atom. The molecule has 2 saturated heterocycles. The molecule has 3 aliphatic heterocycles. The summed E-state index contributed by atoms with van der Waals surface area (Å²) < 4.78 is 0. The third kappa shape index (κ3) is 7.72. The van der Waals surface area contributed by atoms with E-state index in [9.17, 15) is 29.4 Å². The van der Waals surface area contributed by atoms with Gasteiger partial charge in [0.05, 0.1) is 28.5 Å². The highest BCUT2D eigenvalue weighted by Gasteiger charge is 2.43. The van der Waals surface area contributed by atoms with Crippen LogP contribution in [0, 0.1) is 5.92 Å². The van der Waals surface area contributed by atoms with Gasteiger partial charge in [0.25, 0.3) is 0 Å². The highest BCUT2D eigenvalue weighted by Crippen LogP contribution is 2.46. The maximum Gasteiger partial charge on any atom is 0.334 e. The highest BCUT2D eigenvalue weighted by atomic mass is 35.5. The standard InChI is InChI=1S/C34H41Cl2N5O6S/c1-20-8-12-41(30(20)43)11-5-10-39-13-15-40(16-14-39)25(42)18-23-27(31(44)45)29(26-21(35)6-4-7-22(26)36)28(32(46)47)24(38-23)19-34(2,3)33-37-9-17-48-33/h4,6-7,9,17,20,29,38H,5,8,10-16,18-19H2,1-3H3,(H,44,45)(H,46,47). The number of dihydropyridines is 1. The minimum atomic E-state index is -1.38. The normalized spacial score (nSPS) is 20.8. The van der Waals surface area contributed by atoms with Crippen molar-refractivity contribution < 1.29 is 29.4 Å². The summed E-state index contributed by atoms with van der Waals surface area (Å²) in [6.07, 6.45) is 3.33. The van der Waals surface area contributed by atoms with E-state index in [0.717, 1.165) is 37.5 Å². The number of hydrogen-bond donors (Lipinski definition) is 3. The van der Waals surface area contributed by atoms with Crippen molar-refractivity contribution in [3.05, 3.63) is 72.9 Å². The number of allylic oxidation sites excluding steroid dienone is 1. The first-order chi connectivity index (χ1) is 22.8. The van der Waals surface area contributed by atoms with Crippen molar-refractivity contribution in [2.24, 2.45) is 5.92 Å². The van der Waals surface area contributed by atoms with Crippen molar-refractivity contribution in [1.82, 2.24) is 25.0 Å². The number of carboxylic acid groups (broad SMARTS) is 2. The molecule has 3 N–H and O–H groups in total. The van der Waals surface area contributed by atoms with Crippen LogP contribution >= 0.6 is 34.5 Å². The van der Waals surface area contributed by atoms with Crippen LogP contribution in [0.3, 0.4) is 0 Å². The van der Waals surface area contributed by atoms with Crippen LogP contribution in [0.4, 0.5) is 0 Å². The van der Waals surface area contributed by atoms with Gasteiger partial charge < -0.3 is 25.3 Å². The molecule has 11 nitrogen and oxygen atoms in total. The van der Waals surface area contributed by atoms with E-state index in [-0.39, 0.29) is 68.7 Å². The molecule has 0 saturated carbocycles. The lowest BCUT2D eigenvalue weighted by Crippen LogP contribution is -2.49. The van der Waals surface area contributed by atoms with Gasteiger partial charge in [-0.2, -0.15) is 0 Å². The number of nitrogens with zero attached hydrogens (tertiary/aromatic N) is 4. The van der Waals surface area contributed by atoms with Crippen molar-refractivity contribution in [1.29, 1.82) is 0 Å². The topological polar surface area (TPSA) is 143 Å². The van der Waals surface area contributed by atoms with E-state index in [2.05, 4.69) is 15.2 Å². The number of halogens is 2. The molecule has 2 aromatic rings. The predicted octanol–water partition coefficient (Wildman–Crippen LogP) is 4.97. The lowest BCUT2D eigenvalue weighted by Gasteiger charge is -2.37. The number of amides is 2. The summed E-state index contributed by atoms with van der Waals surface area (Å²) in [5.74, 6) is -3.99. The zero-order valence-corrected chi connectivity index (χ0v) is 29.6. The molecule has 2 fully saturated rings. The molecule has 2 atom stereocenters. The third-order valence-corrected chi connectivity index (χ3v) is 11.2. The van der Waals surface area contributed by atoms with Crippen LogP contribution in [0.25, 0.3) is 0 Å². The highest BCUT2D eigenvalue weighted by molar-refractivity contribution is 7.09. The van der Waals surface area contributed by atoms with Gasteiger partial charge >= 0.3 is 11.9 Å². The van der Waals surface area contributed by atoms with Gasteiger partial charge in [-0.1, -0.05) is 50.0 Å². The Bertz CT molecular complexity index is 1610. The third-order valence-electron chi connectivity index (χ3n) is 9.43. The second kappa shape index (κ2) is 15.0. The zero-order chi connectivity index (χ0) is 34.7. The van der Waals surface area contributed by atoms with Crippen molar-refractivity contribution in [3.63, 3.8) is 0 Å². The number of benzene rings is 1. The van der Waals surface area contributed by atoms with Gasteiger partial charge in [-0.15, -0.1) is 11.3 Å². The molecule has 0 spiro atoms. The predicted molar refractivity (Wildman–Crippen MR) is 184 cm³/mol.